The summed E-state index contributed by atoms with van der Waals surface area (Å²) in [6, 6.07) is 4.16. The molecule has 0 saturated carbocycles. The van der Waals surface area contributed by atoms with Crippen molar-refractivity contribution in [1.29, 1.82) is 0 Å². The molecule has 5 rings (SSSR count). The van der Waals surface area contributed by atoms with Crippen LogP contribution in [0.3, 0.4) is 0 Å². The average Bonchev–Trinajstić information content (AvgIpc) is 3.36. The van der Waals surface area contributed by atoms with Crippen LogP contribution in [0.1, 0.15) is 38.1 Å². The summed E-state index contributed by atoms with van der Waals surface area (Å²) in [5.41, 5.74) is 5.60. The fourth-order valence-corrected chi connectivity index (χ4v) is 4.87. The molecule has 3 aromatic heterocycles. The van der Waals surface area contributed by atoms with Gasteiger partial charge in [0, 0.05) is 37.3 Å². The number of anilines is 1. The van der Waals surface area contributed by atoms with E-state index >= 15 is 0 Å². The van der Waals surface area contributed by atoms with Gasteiger partial charge in [-0.05, 0) is 50.7 Å². The van der Waals surface area contributed by atoms with E-state index in [1.807, 2.05) is 20.0 Å². The van der Waals surface area contributed by atoms with Crippen LogP contribution >= 0.6 is 0 Å². The van der Waals surface area contributed by atoms with Gasteiger partial charge in [-0.3, -0.25) is 4.98 Å². The van der Waals surface area contributed by atoms with Crippen LogP contribution in [0, 0.1) is 25.7 Å². The van der Waals surface area contributed by atoms with Gasteiger partial charge in [0.2, 0.25) is 5.95 Å². The lowest BCUT2D eigenvalue weighted by molar-refractivity contribution is 0.0617. The monoisotopic (exact) mass is 463 g/mol. The van der Waals surface area contributed by atoms with Crippen molar-refractivity contribution in [1.82, 2.24) is 19.7 Å². The van der Waals surface area contributed by atoms with Crippen molar-refractivity contribution in [3.05, 3.63) is 29.8 Å². The third-order valence-electron chi connectivity index (χ3n) is 6.65. The zero-order valence-corrected chi connectivity index (χ0v) is 20.6. The molecule has 0 aliphatic carbocycles. The Kier molecular flexibility index (Phi) is 6.16. The molecule has 8 heteroatoms. The maximum Gasteiger partial charge on any atom is 0.203 e. The molecule has 1 aliphatic heterocycles. The first-order valence-corrected chi connectivity index (χ1v) is 12.1. The summed E-state index contributed by atoms with van der Waals surface area (Å²) >= 11 is 0. The smallest absolute Gasteiger partial charge is 0.203 e. The van der Waals surface area contributed by atoms with Crippen LogP contribution in [0.4, 0.5) is 5.95 Å². The first-order chi connectivity index (χ1) is 16.5. The molecule has 4 aromatic rings. The lowest BCUT2D eigenvalue weighted by Crippen LogP contribution is -2.22. The van der Waals surface area contributed by atoms with Gasteiger partial charge in [0.05, 0.1) is 35.6 Å². The normalized spacial score (nSPS) is 15.0. The predicted octanol–water partition coefficient (Wildman–Crippen LogP) is 5.36. The lowest BCUT2D eigenvalue weighted by Gasteiger charge is -2.24. The number of imidazole rings is 1. The third-order valence-corrected chi connectivity index (χ3v) is 6.65. The summed E-state index contributed by atoms with van der Waals surface area (Å²) in [4.78, 5) is 9.73. The highest BCUT2D eigenvalue weighted by Gasteiger charge is 2.23. The number of rotatable bonds is 7. The van der Waals surface area contributed by atoms with Crippen molar-refractivity contribution < 1.29 is 14.0 Å². The number of ether oxygens (including phenoxy) is 2. The van der Waals surface area contributed by atoms with E-state index in [-0.39, 0.29) is 0 Å². The molecule has 0 bridgehead atoms. The topological polar surface area (TPSA) is 87.2 Å². The van der Waals surface area contributed by atoms with Gasteiger partial charge < -0.3 is 23.9 Å². The minimum atomic E-state index is 0.518. The minimum absolute atomic E-state index is 0.518. The van der Waals surface area contributed by atoms with E-state index in [2.05, 4.69) is 41.0 Å². The highest BCUT2D eigenvalue weighted by molar-refractivity contribution is 6.05. The number of nitrogens with zero attached hydrogens (tertiary/aromatic N) is 4. The highest BCUT2D eigenvalue weighted by Crippen LogP contribution is 2.39. The number of methoxy groups -OCH3 is 1. The molecule has 1 fully saturated rings. The van der Waals surface area contributed by atoms with Crippen molar-refractivity contribution in [2.75, 3.05) is 32.2 Å². The molecule has 4 heterocycles. The second-order valence-corrected chi connectivity index (χ2v) is 9.64. The summed E-state index contributed by atoms with van der Waals surface area (Å²) in [7, 11) is 1.70. The Balaban J connectivity index is 1.70. The van der Waals surface area contributed by atoms with Crippen LogP contribution < -0.4 is 10.1 Å². The molecule has 0 atom stereocenters. The predicted molar refractivity (Wildman–Crippen MR) is 133 cm³/mol. The second kappa shape index (κ2) is 9.25. The summed E-state index contributed by atoms with van der Waals surface area (Å²) in [6.45, 7) is 11.7. The average molecular weight is 464 g/mol. The first kappa shape index (κ1) is 22.7. The van der Waals surface area contributed by atoms with Crippen molar-refractivity contribution in [2.24, 2.45) is 11.8 Å². The maximum absolute atomic E-state index is 5.85. The Hall–Kier alpha value is -3.13. The molecule has 34 heavy (non-hydrogen) atoms. The number of aromatic nitrogens is 4. The molecular weight excluding hydrogens is 430 g/mol. The van der Waals surface area contributed by atoms with Crippen molar-refractivity contribution >= 4 is 27.9 Å². The van der Waals surface area contributed by atoms with Gasteiger partial charge in [0.1, 0.15) is 17.0 Å². The van der Waals surface area contributed by atoms with Crippen LogP contribution in [0.5, 0.6) is 5.75 Å². The quantitative estimate of drug-likeness (QED) is 0.395. The van der Waals surface area contributed by atoms with E-state index in [1.54, 1.807) is 7.11 Å². The Morgan fingerprint density at radius 1 is 1.18 bits per heavy atom. The standard InChI is InChI=1S/C26H33N5O3/c1-15(2)12-28-26-29-22-13-27-21-10-20(24-16(3)30-34-17(24)4)23(32-5)11-19(21)25(22)31(26)14-18-6-8-33-9-7-18/h10-11,13,15,18H,6-9,12,14H2,1-5H3,(H,28,29). The van der Waals surface area contributed by atoms with Crippen LogP contribution in [0.25, 0.3) is 33.1 Å². The molecule has 0 amide bonds. The Bertz CT molecular complexity index is 1300. The first-order valence-electron chi connectivity index (χ1n) is 12.1. The largest absolute Gasteiger partial charge is 0.496 e. The zero-order chi connectivity index (χ0) is 23.8. The summed E-state index contributed by atoms with van der Waals surface area (Å²) in [6.07, 6.45) is 4.00. The summed E-state index contributed by atoms with van der Waals surface area (Å²) in [5, 5.41) is 8.74. The molecule has 1 N–H and O–H groups in total. The van der Waals surface area contributed by atoms with Crippen molar-refractivity contribution in [2.45, 2.75) is 47.1 Å². The van der Waals surface area contributed by atoms with Crippen molar-refractivity contribution in [3.8, 4) is 16.9 Å². The van der Waals surface area contributed by atoms with E-state index in [9.17, 15) is 0 Å². The zero-order valence-electron chi connectivity index (χ0n) is 20.6. The summed E-state index contributed by atoms with van der Waals surface area (Å²) in [5.74, 6) is 3.51. The summed E-state index contributed by atoms with van der Waals surface area (Å²) < 4.78 is 19.2. The van der Waals surface area contributed by atoms with Crippen LogP contribution in [0.2, 0.25) is 0 Å². The molecule has 8 nitrogen and oxygen atoms in total. The minimum Gasteiger partial charge on any atom is -0.496 e. The van der Waals surface area contributed by atoms with E-state index in [4.69, 9.17) is 24.0 Å². The number of nitrogens with one attached hydrogen (secondary N) is 1. The van der Waals surface area contributed by atoms with Gasteiger partial charge in [-0.15, -0.1) is 0 Å². The number of fused-ring (bicyclic) bond motifs is 3. The van der Waals surface area contributed by atoms with Gasteiger partial charge in [0.15, 0.2) is 0 Å². The van der Waals surface area contributed by atoms with Gasteiger partial charge in [-0.25, -0.2) is 4.98 Å². The molecule has 0 spiro atoms. The second-order valence-electron chi connectivity index (χ2n) is 9.64. The van der Waals surface area contributed by atoms with E-state index in [0.29, 0.717) is 11.8 Å². The Morgan fingerprint density at radius 3 is 2.65 bits per heavy atom. The van der Waals surface area contributed by atoms with Crippen LogP contribution in [-0.4, -0.2) is 46.6 Å². The SMILES string of the molecule is COc1cc2c(cc1-c1c(C)noc1C)ncc1nc(NCC(C)C)n(CC3CCOCC3)c12. The van der Waals surface area contributed by atoms with Gasteiger partial charge in [-0.2, -0.15) is 0 Å². The third kappa shape index (κ3) is 4.11. The molecular formula is C26H33N5O3. The fraction of sp³-hybridized carbons (Fsp3) is 0.500. The van der Waals surface area contributed by atoms with E-state index in [1.165, 1.54) is 0 Å². The number of hydrogen-bond acceptors (Lipinski definition) is 7. The molecule has 1 aromatic carbocycles. The van der Waals surface area contributed by atoms with Gasteiger partial charge in [-0.1, -0.05) is 19.0 Å². The van der Waals surface area contributed by atoms with Gasteiger partial charge >= 0.3 is 0 Å². The molecule has 1 saturated heterocycles. The lowest BCUT2D eigenvalue weighted by atomic mass is 9.99. The fourth-order valence-electron chi connectivity index (χ4n) is 4.87. The molecule has 0 radical (unpaired) electrons. The Morgan fingerprint density at radius 2 is 1.97 bits per heavy atom. The maximum atomic E-state index is 5.85. The number of hydrogen-bond donors (Lipinski definition) is 1. The Labute approximate surface area is 199 Å². The van der Waals surface area contributed by atoms with Crippen molar-refractivity contribution in [3.63, 3.8) is 0 Å². The molecule has 0 unspecified atom stereocenters. The van der Waals surface area contributed by atoms with Crippen LogP contribution in [0.15, 0.2) is 22.9 Å². The molecule has 180 valence electrons. The van der Waals surface area contributed by atoms with Crippen LogP contribution in [-0.2, 0) is 11.3 Å². The van der Waals surface area contributed by atoms with E-state index in [0.717, 1.165) is 95.4 Å². The number of benzene rings is 1. The number of pyridine rings is 1. The number of aryl methyl sites for hydroxylation is 2. The highest BCUT2D eigenvalue weighted by atomic mass is 16.5. The van der Waals surface area contributed by atoms with E-state index < -0.39 is 0 Å². The molecule has 1 aliphatic rings. The van der Waals surface area contributed by atoms with Gasteiger partial charge in [0.25, 0.3) is 0 Å².